The number of benzene rings is 2. The van der Waals surface area contributed by atoms with Gasteiger partial charge in [-0.25, -0.2) is 0 Å². The Labute approximate surface area is 182 Å². The summed E-state index contributed by atoms with van der Waals surface area (Å²) in [7, 11) is 0. The Kier molecular flexibility index (Phi) is 5.21. The van der Waals surface area contributed by atoms with Gasteiger partial charge in [0.2, 0.25) is 5.95 Å². The summed E-state index contributed by atoms with van der Waals surface area (Å²) in [6, 6.07) is 13.1. The molecule has 6 nitrogen and oxygen atoms in total. The minimum absolute atomic E-state index is 0.0536. The van der Waals surface area contributed by atoms with Crippen molar-refractivity contribution in [2.75, 3.05) is 16.0 Å². The van der Waals surface area contributed by atoms with Gasteiger partial charge in [-0.05, 0) is 43.2 Å². The van der Waals surface area contributed by atoms with E-state index >= 15 is 0 Å². The highest BCUT2D eigenvalue weighted by molar-refractivity contribution is 7.81. The molecule has 0 saturated carbocycles. The van der Waals surface area contributed by atoms with Crippen LogP contribution in [-0.2, 0) is 6.42 Å². The summed E-state index contributed by atoms with van der Waals surface area (Å²) in [6.45, 7) is 2.07. The van der Waals surface area contributed by atoms with Gasteiger partial charge in [-0.1, -0.05) is 53.6 Å². The number of para-hydroxylation sites is 1. The maximum atomic E-state index is 12.8. The summed E-state index contributed by atoms with van der Waals surface area (Å²) < 4.78 is 0. The third-order valence-corrected chi connectivity index (χ3v) is 5.82. The van der Waals surface area contributed by atoms with Crippen LogP contribution in [0.4, 0.5) is 23.1 Å². The monoisotopic (exact) mass is 445 g/mol. The van der Waals surface area contributed by atoms with E-state index in [0.717, 1.165) is 12.1 Å². The molecular weight excluding hydrogens is 429 g/mol. The van der Waals surface area contributed by atoms with Crippen LogP contribution in [0.25, 0.3) is 0 Å². The lowest BCUT2D eigenvalue weighted by atomic mass is 10.1. The van der Waals surface area contributed by atoms with Crippen LogP contribution in [0.1, 0.15) is 18.1 Å². The highest BCUT2D eigenvalue weighted by Crippen LogP contribution is 2.36. The van der Waals surface area contributed by atoms with Crippen molar-refractivity contribution in [1.82, 2.24) is 9.97 Å². The van der Waals surface area contributed by atoms with Gasteiger partial charge < -0.3 is 16.0 Å². The summed E-state index contributed by atoms with van der Waals surface area (Å²) >= 11 is 17.3. The first-order chi connectivity index (χ1) is 13.8. The van der Waals surface area contributed by atoms with Gasteiger partial charge in [0.05, 0.1) is 10.0 Å². The van der Waals surface area contributed by atoms with Gasteiger partial charge in [0.25, 0.3) is 5.56 Å². The zero-order valence-corrected chi connectivity index (χ0v) is 17.7. The number of halogens is 2. The highest BCUT2D eigenvalue weighted by atomic mass is 35.5. The second kappa shape index (κ2) is 7.67. The highest BCUT2D eigenvalue weighted by Gasteiger charge is 2.29. The molecule has 0 aliphatic carbocycles. The minimum Gasteiger partial charge on any atom is -0.383 e. The lowest BCUT2D eigenvalue weighted by Crippen LogP contribution is -2.31. The molecule has 1 aromatic heterocycles. The van der Waals surface area contributed by atoms with Crippen LogP contribution < -0.4 is 21.5 Å². The van der Waals surface area contributed by atoms with Crippen molar-refractivity contribution in [3.63, 3.8) is 0 Å². The molecule has 1 aliphatic heterocycles. The fourth-order valence-electron chi connectivity index (χ4n) is 3.47. The van der Waals surface area contributed by atoms with Crippen LogP contribution in [0.5, 0.6) is 0 Å². The quantitative estimate of drug-likeness (QED) is 0.513. The standard InChI is InChI=1S/C20H17Cl2N5OS/c1-10-8-11-4-2-3-5-15(11)27(10)20-25-17(23)16(18(28)26-20)19(29)24-12-6-7-13(21)14(22)9-12/h2-7,9-10H,8H2,1H3,(H,24,29)(H3,23,25,26,28)/t10-/m0/s1. The predicted octanol–water partition coefficient (Wildman–Crippen LogP) is 4.53. The lowest BCUT2D eigenvalue weighted by Gasteiger charge is -2.23. The minimum atomic E-state index is -0.415. The van der Waals surface area contributed by atoms with E-state index in [2.05, 4.69) is 28.3 Å². The molecule has 0 saturated heterocycles. The number of H-pyrrole nitrogens is 1. The zero-order chi connectivity index (χ0) is 20.7. The lowest BCUT2D eigenvalue weighted by molar-refractivity contribution is 0.738. The molecule has 4 rings (SSSR count). The first-order valence-corrected chi connectivity index (χ1v) is 10.0. The first-order valence-electron chi connectivity index (χ1n) is 8.88. The normalized spacial score (nSPS) is 15.3. The van der Waals surface area contributed by atoms with E-state index in [1.807, 2.05) is 23.1 Å². The number of hydrogen-bond acceptors (Lipinski definition) is 5. The Bertz CT molecular complexity index is 1180. The average Bonchev–Trinajstić information content (AvgIpc) is 2.99. The van der Waals surface area contributed by atoms with Crippen molar-refractivity contribution in [2.24, 2.45) is 0 Å². The molecule has 0 bridgehead atoms. The Balaban J connectivity index is 1.66. The summed E-state index contributed by atoms with van der Waals surface area (Å²) in [5, 5.41) is 3.75. The molecule has 9 heteroatoms. The average molecular weight is 446 g/mol. The molecule has 4 N–H and O–H groups in total. The second-order valence-electron chi connectivity index (χ2n) is 6.78. The van der Waals surface area contributed by atoms with E-state index in [0.29, 0.717) is 21.7 Å². The molecule has 0 unspecified atom stereocenters. The number of nitrogen functional groups attached to an aromatic ring is 1. The smallest absolute Gasteiger partial charge is 0.264 e. The summed E-state index contributed by atoms with van der Waals surface area (Å²) in [4.78, 5) is 22.2. The molecule has 148 valence electrons. The van der Waals surface area contributed by atoms with Crippen LogP contribution in [0.2, 0.25) is 10.0 Å². The molecule has 2 aromatic carbocycles. The van der Waals surface area contributed by atoms with Crippen LogP contribution in [0.15, 0.2) is 47.3 Å². The maximum Gasteiger partial charge on any atom is 0.264 e. The number of rotatable bonds is 3. The molecule has 1 atom stereocenters. The number of thiocarbonyl (C=S) groups is 1. The Morgan fingerprint density at radius 1 is 1.28 bits per heavy atom. The molecule has 0 amide bonds. The van der Waals surface area contributed by atoms with Crippen molar-refractivity contribution in [3.05, 3.63) is 74.0 Å². The summed E-state index contributed by atoms with van der Waals surface area (Å²) in [5.74, 6) is 0.448. The van der Waals surface area contributed by atoms with Gasteiger partial charge in [0, 0.05) is 17.4 Å². The van der Waals surface area contributed by atoms with Crippen molar-refractivity contribution in [3.8, 4) is 0 Å². The van der Waals surface area contributed by atoms with Gasteiger partial charge in [0.15, 0.2) is 0 Å². The number of nitrogens with one attached hydrogen (secondary N) is 2. The number of nitrogens with two attached hydrogens (primary N) is 1. The van der Waals surface area contributed by atoms with E-state index in [-0.39, 0.29) is 22.4 Å². The Hall–Kier alpha value is -2.61. The Morgan fingerprint density at radius 2 is 2.03 bits per heavy atom. The summed E-state index contributed by atoms with van der Waals surface area (Å²) in [6.07, 6.45) is 0.860. The predicted molar refractivity (Wildman–Crippen MR) is 123 cm³/mol. The Morgan fingerprint density at radius 3 is 2.76 bits per heavy atom. The molecule has 29 heavy (non-hydrogen) atoms. The topological polar surface area (TPSA) is 87.0 Å². The fraction of sp³-hybridized carbons (Fsp3) is 0.150. The molecule has 0 radical (unpaired) electrons. The van der Waals surface area contributed by atoms with Gasteiger partial charge in [-0.3, -0.25) is 9.78 Å². The second-order valence-corrected chi connectivity index (χ2v) is 8.01. The fourth-order valence-corrected chi connectivity index (χ4v) is 4.08. The van der Waals surface area contributed by atoms with Crippen molar-refractivity contribution >= 4 is 63.5 Å². The van der Waals surface area contributed by atoms with E-state index < -0.39 is 5.56 Å². The molecule has 3 aromatic rings. The first kappa shape index (κ1) is 19.7. The van der Waals surface area contributed by atoms with Gasteiger partial charge in [0.1, 0.15) is 16.4 Å². The number of fused-ring (bicyclic) bond motifs is 1. The number of aromatic amines is 1. The van der Waals surface area contributed by atoms with Crippen molar-refractivity contribution in [2.45, 2.75) is 19.4 Å². The van der Waals surface area contributed by atoms with E-state index in [4.69, 9.17) is 41.2 Å². The number of nitrogens with zero attached hydrogens (tertiary/aromatic N) is 2. The SMILES string of the molecule is C[C@H]1Cc2ccccc2N1c1nc(N)c(C(=S)Nc2ccc(Cl)c(Cl)c2)c(=O)[nH]1. The van der Waals surface area contributed by atoms with E-state index in [1.54, 1.807) is 18.2 Å². The molecule has 2 heterocycles. The van der Waals surface area contributed by atoms with Crippen LogP contribution in [0, 0.1) is 0 Å². The number of anilines is 4. The number of hydrogen-bond donors (Lipinski definition) is 3. The largest absolute Gasteiger partial charge is 0.383 e. The third-order valence-electron chi connectivity index (χ3n) is 4.77. The maximum absolute atomic E-state index is 12.8. The van der Waals surface area contributed by atoms with Gasteiger partial charge >= 0.3 is 0 Å². The van der Waals surface area contributed by atoms with Crippen LogP contribution in [-0.4, -0.2) is 21.0 Å². The van der Waals surface area contributed by atoms with Crippen LogP contribution >= 0.6 is 35.4 Å². The number of aromatic nitrogens is 2. The van der Waals surface area contributed by atoms with E-state index in [1.165, 1.54) is 5.56 Å². The molecule has 1 aliphatic rings. The molecule has 0 spiro atoms. The molecule has 0 fully saturated rings. The zero-order valence-electron chi connectivity index (χ0n) is 15.4. The summed E-state index contributed by atoms with van der Waals surface area (Å²) in [5.41, 5.74) is 8.62. The molecular formula is C20H17Cl2N5OS. The third kappa shape index (κ3) is 3.69. The van der Waals surface area contributed by atoms with Crippen LogP contribution in [0.3, 0.4) is 0 Å². The van der Waals surface area contributed by atoms with Crippen molar-refractivity contribution < 1.29 is 0 Å². The van der Waals surface area contributed by atoms with Gasteiger partial charge in [-0.2, -0.15) is 4.98 Å². The van der Waals surface area contributed by atoms with Gasteiger partial charge in [-0.15, -0.1) is 0 Å². The van der Waals surface area contributed by atoms with Crippen molar-refractivity contribution in [1.29, 1.82) is 0 Å². The van der Waals surface area contributed by atoms with E-state index in [9.17, 15) is 4.79 Å².